The number of aryl methyl sites for hydroxylation is 1. The summed E-state index contributed by atoms with van der Waals surface area (Å²) in [6.07, 6.45) is 1.56. The number of rotatable bonds is 4. The zero-order valence-electron chi connectivity index (χ0n) is 10.7. The molecule has 0 bridgehead atoms. The van der Waals surface area contributed by atoms with E-state index in [1.54, 1.807) is 0 Å². The molecule has 16 heavy (non-hydrogen) atoms. The van der Waals surface area contributed by atoms with Gasteiger partial charge in [-0.15, -0.1) is 0 Å². The number of benzene rings is 1. The van der Waals surface area contributed by atoms with Crippen molar-refractivity contribution in [1.29, 1.82) is 5.26 Å². The average Bonchev–Trinajstić information content (AvgIpc) is 2.26. The summed E-state index contributed by atoms with van der Waals surface area (Å²) in [4.78, 5) is 2.24. The van der Waals surface area contributed by atoms with Gasteiger partial charge in [-0.1, -0.05) is 6.07 Å². The van der Waals surface area contributed by atoms with E-state index in [4.69, 9.17) is 5.26 Å². The highest BCUT2D eigenvalue weighted by Crippen LogP contribution is 2.24. The van der Waals surface area contributed by atoms with Crippen LogP contribution in [0.25, 0.3) is 0 Å². The van der Waals surface area contributed by atoms with Gasteiger partial charge in [0.15, 0.2) is 0 Å². The second-order valence-corrected chi connectivity index (χ2v) is 4.33. The first-order chi connectivity index (χ1) is 7.57. The number of hydrogen-bond donors (Lipinski definition) is 0. The van der Waals surface area contributed by atoms with Gasteiger partial charge in [-0.25, -0.2) is 0 Å². The fourth-order valence-electron chi connectivity index (χ4n) is 1.87. The molecule has 0 radical (unpaired) electrons. The number of anilines is 1. The highest BCUT2D eigenvalue weighted by molar-refractivity contribution is 5.57. The van der Waals surface area contributed by atoms with Crippen molar-refractivity contribution in [2.45, 2.75) is 33.6 Å². The summed E-state index contributed by atoms with van der Waals surface area (Å²) < 4.78 is 0. The van der Waals surface area contributed by atoms with E-state index in [0.29, 0.717) is 6.42 Å². The summed E-state index contributed by atoms with van der Waals surface area (Å²) in [6, 6.07) is 6.52. The molecule has 0 unspecified atom stereocenters. The Hall–Kier alpha value is -1.49. The van der Waals surface area contributed by atoms with Gasteiger partial charge in [-0.05, 0) is 49.9 Å². The molecule has 86 valence electrons. The lowest BCUT2D eigenvalue weighted by Gasteiger charge is -2.22. The molecule has 0 aliphatic carbocycles. The Bertz CT molecular complexity index is 402. The minimum atomic E-state index is 0.633. The second kappa shape index (κ2) is 5.55. The maximum atomic E-state index is 8.52. The van der Waals surface area contributed by atoms with Gasteiger partial charge in [0.2, 0.25) is 0 Å². The van der Waals surface area contributed by atoms with Crippen LogP contribution in [0.2, 0.25) is 0 Å². The first-order valence-corrected chi connectivity index (χ1v) is 5.72. The molecule has 0 N–H and O–H groups in total. The van der Waals surface area contributed by atoms with Crippen LogP contribution in [0.5, 0.6) is 0 Å². The lowest BCUT2D eigenvalue weighted by atomic mass is 10.0. The molecule has 0 atom stereocenters. The van der Waals surface area contributed by atoms with Crippen molar-refractivity contribution in [1.82, 2.24) is 0 Å². The number of unbranched alkanes of at least 4 members (excludes halogenated alkanes) is 1. The van der Waals surface area contributed by atoms with Gasteiger partial charge in [-0.2, -0.15) is 5.26 Å². The molecule has 0 aliphatic heterocycles. The quantitative estimate of drug-likeness (QED) is 0.722. The standard InChI is InChI=1S/C14H20N2/c1-11-7-8-14(13(3)12(11)2)16(4)10-6-5-9-15/h7-8H,5-6,10H2,1-4H3. The molecule has 2 nitrogen and oxygen atoms in total. The highest BCUT2D eigenvalue weighted by Gasteiger charge is 2.07. The summed E-state index contributed by atoms with van der Waals surface area (Å²) in [5.74, 6) is 0. The van der Waals surface area contributed by atoms with Crippen molar-refractivity contribution in [2.75, 3.05) is 18.5 Å². The molecule has 0 heterocycles. The Balaban J connectivity index is 2.80. The van der Waals surface area contributed by atoms with Crippen LogP contribution in [0.1, 0.15) is 29.5 Å². The molecular weight excluding hydrogens is 196 g/mol. The van der Waals surface area contributed by atoms with Crippen molar-refractivity contribution >= 4 is 5.69 Å². The fraction of sp³-hybridized carbons (Fsp3) is 0.500. The minimum absolute atomic E-state index is 0.633. The van der Waals surface area contributed by atoms with Gasteiger partial charge in [-0.3, -0.25) is 0 Å². The fourth-order valence-corrected chi connectivity index (χ4v) is 1.87. The van der Waals surface area contributed by atoms with Crippen molar-refractivity contribution < 1.29 is 0 Å². The van der Waals surface area contributed by atoms with Crippen molar-refractivity contribution in [3.05, 3.63) is 28.8 Å². The lowest BCUT2D eigenvalue weighted by molar-refractivity contribution is 0.804. The summed E-state index contributed by atoms with van der Waals surface area (Å²) in [5, 5.41) is 8.52. The van der Waals surface area contributed by atoms with Crippen LogP contribution in [-0.2, 0) is 0 Å². The Kier molecular flexibility index (Phi) is 4.37. The van der Waals surface area contributed by atoms with Crippen LogP contribution in [0.4, 0.5) is 5.69 Å². The number of nitriles is 1. The van der Waals surface area contributed by atoms with E-state index in [2.05, 4.69) is 50.9 Å². The first kappa shape index (κ1) is 12.6. The van der Waals surface area contributed by atoms with Crippen molar-refractivity contribution in [3.8, 4) is 6.07 Å². The van der Waals surface area contributed by atoms with Gasteiger partial charge in [0.25, 0.3) is 0 Å². The molecule has 0 saturated heterocycles. The SMILES string of the molecule is Cc1ccc(N(C)CCCC#N)c(C)c1C. The van der Waals surface area contributed by atoms with Crippen LogP contribution in [0.15, 0.2) is 12.1 Å². The van der Waals surface area contributed by atoms with Crippen LogP contribution >= 0.6 is 0 Å². The maximum absolute atomic E-state index is 8.52. The van der Waals surface area contributed by atoms with Crippen LogP contribution in [0, 0.1) is 32.1 Å². The first-order valence-electron chi connectivity index (χ1n) is 5.72. The third kappa shape index (κ3) is 2.76. The van der Waals surface area contributed by atoms with Gasteiger partial charge < -0.3 is 4.90 Å². The van der Waals surface area contributed by atoms with Gasteiger partial charge in [0.05, 0.1) is 6.07 Å². The monoisotopic (exact) mass is 216 g/mol. The minimum Gasteiger partial charge on any atom is -0.374 e. The summed E-state index contributed by atoms with van der Waals surface area (Å²) in [5.41, 5.74) is 5.33. The van der Waals surface area contributed by atoms with Crippen LogP contribution < -0.4 is 4.90 Å². The predicted molar refractivity (Wildman–Crippen MR) is 68.8 cm³/mol. The summed E-state index contributed by atoms with van der Waals surface area (Å²) in [7, 11) is 2.09. The third-order valence-electron chi connectivity index (χ3n) is 3.22. The molecule has 2 heteroatoms. The van der Waals surface area contributed by atoms with E-state index in [0.717, 1.165) is 13.0 Å². The van der Waals surface area contributed by atoms with Crippen LogP contribution in [0.3, 0.4) is 0 Å². The van der Waals surface area contributed by atoms with Gasteiger partial charge in [0, 0.05) is 25.7 Å². The lowest BCUT2D eigenvalue weighted by Crippen LogP contribution is -2.19. The maximum Gasteiger partial charge on any atom is 0.0622 e. The summed E-state index contributed by atoms with van der Waals surface area (Å²) >= 11 is 0. The topological polar surface area (TPSA) is 27.0 Å². The summed E-state index contributed by atoms with van der Waals surface area (Å²) in [6.45, 7) is 7.41. The molecule has 1 aromatic carbocycles. The molecule has 1 aromatic rings. The molecule has 0 fully saturated rings. The van der Waals surface area contributed by atoms with E-state index >= 15 is 0 Å². The van der Waals surface area contributed by atoms with E-state index in [1.807, 2.05) is 0 Å². The Morgan fingerprint density at radius 1 is 1.19 bits per heavy atom. The van der Waals surface area contributed by atoms with Crippen LogP contribution in [-0.4, -0.2) is 13.6 Å². The molecule has 0 amide bonds. The van der Waals surface area contributed by atoms with E-state index in [9.17, 15) is 0 Å². The highest BCUT2D eigenvalue weighted by atomic mass is 15.1. The van der Waals surface area contributed by atoms with E-state index < -0.39 is 0 Å². The zero-order chi connectivity index (χ0) is 12.1. The molecule has 0 saturated carbocycles. The zero-order valence-corrected chi connectivity index (χ0v) is 10.7. The van der Waals surface area contributed by atoms with Crippen molar-refractivity contribution in [2.24, 2.45) is 0 Å². The molecule has 0 aliphatic rings. The van der Waals surface area contributed by atoms with E-state index in [1.165, 1.54) is 22.4 Å². The van der Waals surface area contributed by atoms with E-state index in [-0.39, 0.29) is 0 Å². The molecule has 1 rings (SSSR count). The Morgan fingerprint density at radius 2 is 1.88 bits per heavy atom. The largest absolute Gasteiger partial charge is 0.374 e. The number of hydrogen-bond acceptors (Lipinski definition) is 2. The average molecular weight is 216 g/mol. The molecule has 0 aromatic heterocycles. The Morgan fingerprint density at radius 3 is 2.50 bits per heavy atom. The molecule has 0 spiro atoms. The smallest absolute Gasteiger partial charge is 0.0622 e. The van der Waals surface area contributed by atoms with Gasteiger partial charge in [0.1, 0.15) is 0 Å². The second-order valence-electron chi connectivity index (χ2n) is 4.33. The third-order valence-corrected chi connectivity index (χ3v) is 3.22. The number of nitrogens with zero attached hydrogens (tertiary/aromatic N) is 2. The van der Waals surface area contributed by atoms with Gasteiger partial charge >= 0.3 is 0 Å². The predicted octanol–water partition coefficient (Wildman–Crippen LogP) is 3.35. The van der Waals surface area contributed by atoms with Crippen molar-refractivity contribution in [3.63, 3.8) is 0 Å². The molecular formula is C14H20N2. The Labute approximate surface area is 98.5 Å². The normalized spacial score (nSPS) is 9.94.